The molecule has 5 nitrogen and oxygen atoms in total. The highest BCUT2D eigenvalue weighted by Gasteiger charge is 2.24. The minimum atomic E-state index is -0.574. The Morgan fingerprint density at radius 2 is 1.95 bits per heavy atom. The van der Waals surface area contributed by atoms with Crippen molar-refractivity contribution in [2.45, 2.75) is 6.92 Å². The van der Waals surface area contributed by atoms with E-state index in [2.05, 4.69) is 0 Å². The highest BCUT2D eigenvalue weighted by molar-refractivity contribution is 7.71. The highest BCUT2D eigenvalue weighted by Crippen LogP contribution is 2.34. The van der Waals surface area contributed by atoms with E-state index in [1.165, 1.54) is 0 Å². The lowest BCUT2D eigenvalue weighted by Gasteiger charge is -2.05. The molecule has 3 heterocycles. The molecule has 0 saturated carbocycles. The lowest BCUT2D eigenvalue weighted by molar-refractivity contribution is 0.0515. The average molecular weight is 314 g/mol. The second-order valence-corrected chi connectivity index (χ2v) is 5.05. The van der Waals surface area contributed by atoms with Crippen LogP contribution in [0.2, 0.25) is 0 Å². The van der Waals surface area contributed by atoms with Gasteiger partial charge in [-0.25, -0.2) is 4.79 Å². The molecule has 0 aromatic carbocycles. The van der Waals surface area contributed by atoms with E-state index in [9.17, 15) is 9.90 Å². The molecule has 22 heavy (non-hydrogen) atoms. The van der Waals surface area contributed by atoms with E-state index in [0.717, 1.165) is 0 Å². The van der Waals surface area contributed by atoms with Crippen molar-refractivity contribution in [3.8, 4) is 11.4 Å². The molecular weight excluding hydrogens is 300 g/mol. The van der Waals surface area contributed by atoms with Crippen LogP contribution in [-0.2, 0) is 4.74 Å². The Morgan fingerprint density at radius 3 is 2.68 bits per heavy atom. The van der Waals surface area contributed by atoms with Crippen LogP contribution in [0.4, 0.5) is 0 Å². The topological polar surface area (TPSA) is 55.9 Å². The first kappa shape index (κ1) is 14.3. The molecule has 0 aliphatic carbocycles. The molecule has 3 rings (SSSR count). The van der Waals surface area contributed by atoms with Gasteiger partial charge < -0.3 is 18.8 Å². The van der Waals surface area contributed by atoms with Crippen molar-refractivity contribution in [2.75, 3.05) is 6.61 Å². The summed E-state index contributed by atoms with van der Waals surface area (Å²) >= 11 is 5.31. The second kappa shape index (κ2) is 5.65. The number of pyridine rings is 2. The van der Waals surface area contributed by atoms with E-state index >= 15 is 0 Å². The van der Waals surface area contributed by atoms with Crippen LogP contribution in [0.25, 0.3) is 11.2 Å². The van der Waals surface area contributed by atoms with Crippen LogP contribution in [0.3, 0.4) is 0 Å². The standard InChI is InChI=1S/C16H14N2O3S/c1-2-21-16(20)14-15(19)13(11-7-3-5-9-17(11)14)18-10-6-4-8-12(18)22/h3-10,19H,2H2,1H3. The number of fused-ring (bicyclic) bond motifs is 1. The Bertz CT molecular complexity index is 911. The van der Waals surface area contributed by atoms with Gasteiger partial charge in [-0.05, 0) is 31.2 Å². The van der Waals surface area contributed by atoms with E-state index in [1.807, 2.05) is 24.3 Å². The third kappa shape index (κ3) is 2.17. The van der Waals surface area contributed by atoms with Crippen LogP contribution in [-0.4, -0.2) is 26.7 Å². The Kier molecular flexibility index (Phi) is 3.68. The van der Waals surface area contributed by atoms with Gasteiger partial charge in [0.25, 0.3) is 0 Å². The molecule has 112 valence electrons. The van der Waals surface area contributed by atoms with Crippen LogP contribution in [0.1, 0.15) is 17.4 Å². The van der Waals surface area contributed by atoms with Gasteiger partial charge >= 0.3 is 5.97 Å². The fourth-order valence-corrected chi connectivity index (χ4v) is 2.65. The Hall–Kier alpha value is -2.60. The van der Waals surface area contributed by atoms with Gasteiger partial charge in [-0.1, -0.05) is 24.4 Å². The molecule has 0 spiro atoms. The largest absolute Gasteiger partial charge is 0.504 e. The lowest BCUT2D eigenvalue weighted by Crippen LogP contribution is -2.07. The number of ether oxygens (including phenoxy) is 1. The summed E-state index contributed by atoms with van der Waals surface area (Å²) in [7, 11) is 0. The summed E-state index contributed by atoms with van der Waals surface area (Å²) in [6, 6.07) is 10.8. The number of hydrogen-bond acceptors (Lipinski definition) is 4. The zero-order valence-electron chi connectivity index (χ0n) is 11.9. The molecule has 0 atom stereocenters. The Labute approximate surface area is 132 Å². The van der Waals surface area contributed by atoms with Crippen molar-refractivity contribution in [2.24, 2.45) is 0 Å². The smallest absolute Gasteiger partial charge is 0.359 e. The molecule has 0 aliphatic heterocycles. The quantitative estimate of drug-likeness (QED) is 0.595. The molecule has 0 aliphatic rings. The van der Waals surface area contributed by atoms with Gasteiger partial charge in [-0.3, -0.25) is 0 Å². The summed E-state index contributed by atoms with van der Waals surface area (Å²) in [6.07, 6.45) is 3.46. The highest BCUT2D eigenvalue weighted by atomic mass is 32.1. The summed E-state index contributed by atoms with van der Waals surface area (Å²) in [5, 5.41) is 10.6. The molecule has 0 radical (unpaired) electrons. The van der Waals surface area contributed by atoms with Crippen LogP contribution < -0.4 is 0 Å². The van der Waals surface area contributed by atoms with Gasteiger partial charge in [0.05, 0.1) is 12.1 Å². The SMILES string of the molecule is CCOC(=O)c1c(O)c(-n2ccccc2=S)c2ccccn12. The van der Waals surface area contributed by atoms with Crippen LogP contribution in [0.5, 0.6) is 5.75 Å². The third-order valence-corrected chi connectivity index (χ3v) is 3.66. The van der Waals surface area contributed by atoms with Gasteiger partial charge in [0, 0.05) is 12.4 Å². The third-order valence-electron chi connectivity index (χ3n) is 3.32. The fraction of sp³-hybridized carbons (Fsp3) is 0.125. The second-order valence-electron chi connectivity index (χ2n) is 4.63. The minimum Gasteiger partial charge on any atom is -0.504 e. The summed E-state index contributed by atoms with van der Waals surface area (Å²) in [5.74, 6) is -0.721. The van der Waals surface area contributed by atoms with E-state index in [-0.39, 0.29) is 18.1 Å². The normalized spacial score (nSPS) is 10.8. The maximum absolute atomic E-state index is 12.2. The van der Waals surface area contributed by atoms with Crippen LogP contribution in [0, 0.1) is 4.64 Å². The number of carbonyl (C=O) groups excluding carboxylic acids is 1. The van der Waals surface area contributed by atoms with Gasteiger partial charge in [-0.2, -0.15) is 0 Å². The van der Waals surface area contributed by atoms with Gasteiger partial charge in [-0.15, -0.1) is 0 Å². The molecule has 3 aromatic rings. The maximum Gasteiger partial charge on any atom is 0.359 e. The van der Waals surface area contributed by atoms with Crippen molar-refractivity contribution < 1.29 is 14.6 Å². The molecular formula is C16H14N2O3S. The van der Waals surface area contributed by atoms with Crippen LogP contribution >= 0.6 is 12.2 Å². The molecule has 0 saturated heterocycles. The molecule has 3 aromatic heterocycles. The number of aromatic hydroxyl groups is 1. The van der Waals surface area contributed by atoms with Crippen molar-refractivity contribution >= 4 is 23.7 Å². The predicted octanol–water partition coefficient (Wildman–Crippen LogP) is 3.34. The first-order chi connectivity index (χ1) is 10.6. The number of hydrogen-bond donors (Lipinski definition) is 1. The summed E-state index contributed by atoms with van der Waals surface area (Å²) in [4.78, 5) is 12.2. The molecule has 6 heteroatoms. The number of rotatable bonds is 3. The van der Waals surface area contributed by atoms with E-state index in [1.54, 1.807) is 40.4 Å². The van der Waals surface area contributed by atoms with Crippen molar-refractivity contribution in [3.63, 3.8) is 0 Å². The zero-order valence-corrected chi connectivity index (χ0v) is 12.7. The number of carbonyl (C=O) groups is 1. The first-order valence-corrected chi connectivity index (χ1v) is 7.23. The van der Waals surface area contributed by atoms with E-state index < -0.39 is 5.97 Å². The fourth-order valence-electron chi connectivity index (χ4n) is 2.42. The molecule has 0 unspecified atom stereocenters. The summed E-state index contributed by atoms with van der Waals surface area (Å²) in [5.41, 5.74) is 1.23. The van der Waals surface area contributed by atoms with E-state index in [0.29, 0.717) is 15.8 Å². The van der Waals surface area contributed by atoms with Crippen molar-refractivity contribution in [3.05, 3.63) is 59.1 Å². The summed E-state index contributed by atoms with van der Waals surface area (Å²) < 4.78 is 8.85. The molecule has 0 fully saturated rings. The molecule has 0 bridgehead atoms. The van der Waals surface area contributed by atoms with Gasteiger partial charge in [0.2, 0.25) is 0 Å². The van der Waals surface area contributed by atoms with E-state index in [4.69, 9.17) is 17.0 Å². The van der Waals surface area contributed by atoms with Gasteiger partial charge in [0.1, 0.15) is 10.3 Å². The monoisotopic (exact) mass is 314 g/mol. The zero-order chi connectivity index (χ0) is 15.7. The minimum absolute atomic E-state index is 0.0956. The number of esters is 1. The molecule has 0 amide bonds. The Morgan fingerprint density at radius 1 is 1.23 bits per heavy atom. The number of nitrogens with zero attached hydrogens (tertiary/aromatic N) is 2. The Balaban J connectivity index is 2.37. The van der Waals surface area contributed by atoms with Crippen molar-refractivity contribution in [1.29, 1.82) is 0 Å². The lowest BCUT2D eigenvalue weighted by atomic mass is 10.3. The molecule has 1 N–H and O–H groups in total. The van der Waals surface area contributed by atoms with Gasteiger partial charge in [0.15, 0.2) is 11.4 Å². The maximum atomic E-state index is 12.2. The summed E-state index contributed by atoms with van der Waals surface area (Å²) in [6.45, 7) is 1.96. The first-order valence-electron chi connectivity index (χ1n) is 6.82. The van der Waals surface area contributed by atoms with Crippen LogP contribution in [0.15, 0.2) is 48.8 Å². The predicted molar refractivity (Wildman–Crippen MR) is 85.2 cm³/mol. The number of aromatic nitrogens is 2. The van der Waals surface area contributed by atoms with Crippen molar-refractivity contribution in [1.82, 2.24) is 8.97 Å². The average Bonchev–Trinajstić information content (AvgIpc) is 2.80.